The van der Waals surface area contributed by atoms with Gasteiger partial charge in [0.15, 0.2) is 5.82 Å². The molecule has 160 valence electrons. The summed E-state index contributed by atoms with van der Waals surface area (Å²) in [6.45, 7) is 4.66. The zero-order valence-electron chi connectivity index (χ0n) is 17.4. The standard InChI is InChI=1S/C21H33N5O3/c1-24-11-8-22-19(24)20(27)23-9-12-26(17-6-13-29-14-7-17)18-3-2-10-25(15-18)21(28)16-4-5-16/h8,11,16-18H,2-7,9-10,12-15H2,1H3,(H,23,27). The summed E-state index contributed by atoms with van der Waals surface area (Å²) in [4.78, 5) is 33.7. The molecule has 0 aromatic carbocycles. The van der Waals surface area contributed by atoms with E-state index >= 15 is 0 Å². The lowest BCUT2D eigenvalue weighted by molar-refractivity contribution is -0.135. The monoisotopic (exact) mass is 403 g/mol. The van der Waals surface area contributed by atoms with Crippen LogP contribution in [0.5, 0.6) is 0 Å². The number of piperidine rings is 1. The van der Waals surface area contributed by atoms with Gasteiger partial charge < -0.3 is 19.5 Å². The first-order valence-electron chi connectivity index (χ1n) is 11.0. The third kappa shape index (κ3) is 4.98. The third-order valence-electron chi connectivity index (χ3n) is 6.44. The number of carbonyl (C=O) groups is 2. The Balaban J connectivity index is 1.37. The molecule has 3 heterocycles. The van der Waals surface area contributed by atoms with E-state index in [4.69, 9.17) is 4.74 Å². The van der Waals surface area contributed by atoms with Gasteiger partial charge in [0.2, 0.25) is 5.91 Å². The number of imidazole rings is 1. The molecule has 1 saturated carbocycles. The average molecular weight is 404 g/mol. The van der Waals surface area contributed by atoms with Crippen LogP contribution in [0.25, 0.3) is 0 Å². The number of nitrogens with one attached hydrogen (secondary N) is 1. The minimum atomic E-state index is -0.140. The van der Waals surface area contributed by atoms with Gasteiger partial charge in [-0.25, -0.2) is 4.98 Å². The zero-order valence-corrected chi connectivity index (χ0v) is 17.4. The second-order valence-electron chi connectivity index (χ2n) is 8.55. The van der Waals surface area contributed by atoms with Crippen molar-refractivity contribution in [2.45, 2.75) is 50.6 Å². The molecule has 2 saturated heterocycles. The van der Waals surface area contributed by atoms with Gasteiger partial charge in [0.25, 0.3) is 5.91 Å². The molecule has 3 fully saturated rings. The maximum atomic E-state index is 12.6. The molecule has 1 atom stereocenters. The average Bonchev–Trinajstić information content (AvgIpc) is 3.51. The van der Waals surface area contributed by atoms with E-state index in [1.807, 2.05) is 7.05 Å². The van der Waals surface area contributed by atoms with Crippen molar-refractivity contribution in [3.05, 3.63) is 18.2 Å². The van der Waals surface area contributed by atoms with Crippen molar-refractivity contribution in [1.29, 1.82) is 0 Å². The molecule has 3 aliphatic rings. The van der Waals surface area contributed by atoms with Crippen molar-refractivity contribution in [2.24, 2.45) is 13.0 Å². The Morgan fingerprint density at radius 3 is 2.69 bits per heavy atom. The van der Waals surface area contributed by atoms with E-state index < -0.39 is 0 Å². The fourth-order valence-electron chi connectivity index (χ4n) is 4.66. The summed E-state index contributed by atoms with van der Waals surface area (Å²) in [6.07, 6.45) is 9.72. The molecule has 0 radical (unpaired) electrons. The van der Waals surface area contributed by atoms with Crippen molar-refractivity contribution >= 4 is 11.8 Å². The number of carbonyl (C=O) groups excluding carboxylic acids is 2. The summed E-state index contributed by atoms with van der Waals surface area (Å²) >= 11 is 0. The van der Waals surface area contributed by atoms with Gasteiger partial charge in [-0.2, -0.15) is 0 Å². The van der Waals surface area contributed by atoms with Crippen LogP contribution in [0.15, 0.2) is 12.4 Å². The quantitative estimate of drug-likeness (QED) is 0.736. The number of likely N-dealkylation sites (tertiary alicyclic amines) is 1. The van der Waals surface area contributed by atoms with Gasteiger partial charge in [0.1, 0.15) is 0 Å². The van der Waals surface area contributed by atoms with Gasteiger partial charge >= 0.3 is 0 Å². The topological polar surface area (TPSA) is 79.7 Å². The molecule has 2 amide bonds. The van der Waals surface area contributed by atoms with E-state index in [0.717, 1.165) is 71.4 Å². The smallest absolute Gasteiger partial charge is 0.287 e. The van der Waals surface area contributed by atoms with Crippen LogP contribution in [0.2, 0.25) is 0 Å². The van der Waals surface area contributed by atoms with Crippen LogP contribution < -0.4 is 5.32 Å². The Hall–Kier alpha value is -1.93. The molecule has 8 nitrogen and oxygen atoms in total. The molecule has 8 heteroatoms. The van der Waals surface area contributed by atoms with Crippen LogP contribution in [0.3, 0.4) is 0 Å². The van der Waals surface area contributed by atoms with Crippen molar-refractivity contribution < 1.29 is 14.3 Å². The molecular formula is C21H33N5O3. The van der Waals surface area contributed by atoms with E-state index in [1.54, 1.807) is 17.0 Å². The van der Waals surface area contributed by atoms with Crippen LogP contribution in [-0.2, 0) is 16.6 Å². The zero-order chi connectivity index (χ0) is 20.2. The number of hydrogen-bond donors (Lipinski definition) is 1. The van der Waals surface area contributed by atoms with E-state index in [0.29, 0.717) is 30.4 Å². The van der Waals surface area contributed by atoms with E-state index in [9.17, 15) is 9.59 Å². The predicted molar refractivity (Wildman–Crippen MR) is 108 cm³/mol. The Kier molecular flexibility index (Phi) is 6.50. The molecule has 1 unspecified atom stereocenters. The number of nitrogens with zero attached hydrogens (tertiary/aromatic N) is 4. The summed E-state index contributed by atoms with van der Waals surface area (Å²) in [5.41, 5.74) is 0. The summed E-state index contributed by atoms with van der Waals surface area (Å²) < 4.78 is 7.30. The second kappa shape index (κ2) is 9.26. The SMILES string of the molecule is Cn1ccnc1C(=O)NCCN(C1CCOCC1)C1CCCN(C(=O)C2CC2)C1. The fourth-order valence-corrected chi connectivity index (χ4v) is 4.66. The molecule has 2 aliphatic heterocycles. The van der Waals surface area contributed by atoms with Gasteiger partial charge in [-0.05, 0) is 38.5 Å². The lowest BCUT2D eigenvalue weighted by atomic mass is 9.98. The number of rotatable bonds is 7. The largest absolute Gasteiger partial charge is 0.381 e. The van der Waals surface area contributed by atoms with Crippen molar-refractivity contribution in [1.82, 2.24) is 24.7 Å². The maximum absolute atomic E-state index is 12.6. The molecule has 4 rings (SSSR count). The number of aryl methyl sites for hydroxylation is 1. The van der Waals surface area contributed by atoms with Crippen molar-refractivity contribution in [2.75, 3.05) is 39.4 Å². The second-order valence-corrected chi connectivity index (χ2v) is 8.55. The van der Waals surface area contributed by atoms with Crippen molar-refractivity contribution in [3.63, 3.8) is 0 Å². The molecule has 1 aliphatic carbocycles. The first-order valence-corrected chi connectivity index (χ1v) is 11.0. The lowest BCUT2D eigenvalue weighted by Crippen LogP contribution is -2.55. The lowest BCUT2D eigenvalue weighted by Gasteiger charge is -2.44. The van der Waals surface area contributed by atoms with Crippen LogP contribution in [-0.4, -0.2) is 82.6 Å². The number of aromatic nitrogens is 2. The Morgan fingerprint density at radius 2 is 2.00 bits per heavy atom. The Bertz CT molecular complexity index is 711. The number of hydrogen-bond acceptors (Lipinski definition) is 5. The van der Waals surface area contributed by atoms with Gasteiger partial charge in [-0.1, -0.05) is 0 Å². The first kappa shape index (κ1) is 20.3. The highest BCUT2D eigenvalue weighted by atomic mass is 16.5. The van der Waals surface area contributed by atoms with E-state index in [2.05, 4.69) is 20.1 Å². The molecule has 29 heavy (non-hydrogen) atoms. The number of ether oxygens (including phenoxy) is 1. The summed E-state index contributed by atoms with van der Waals surface area (Å²) in [5.74, 6) is 0.923. The maximum Gasteiger partial charge on any atom is 0.287 e. The van der Waals surface area contributed by atoms with Crippen molar-refractivity contribution in [3.8, 4) is 0 Å². The Labute approximate surface area is 172 Å². The predicted octanol–water partition coefficient (Wildman–Crippen LogP) is 1.03. The van der Waals surface area contributed by atoms with Gasteiger partial charge in [0.05, 0.1) is 0 Å². The summed E-state index contributed by atoms with van der Waals surface area (Å²) in [6, 6.07) is 0.814. The third-order valence-corrected chi connectivity index (χ3v) is 6.44. The van der Waals surface area contributed by atoms with Gasteiger partial charge in [-0.15, -0.1) is 0 Å². The van der Waals surface area contributed by atoms with Crippen LogP contribution in [0.4, 0.5) is 0 Å². The molecule has 1 N–H and O–H groups in total. The minimum absolute atomic E-state index is 0.140. The molecule has 0 spiro atoms. The summed E-state index contributed by atoms with van der Waals surface area (Å²) in [7, 11) is 1.82. The van der Waals surface area contributed by atoms with Crippen LogP contribution in [0.1, 0.15) is 49.1 Å². The number of amides is 2. The molecule has 0 bridgehead atoms. The van der Waals surface area contributed by atoms with E-state index in [1.165, 1.54) is 0 Å². The van der Waals surface area contributed by atoms with Gasteiger partial charge in [0, 0.05) is 76.8 Å². The molecule has 1 aromatic rings. The van der Waals surface area contributed by atoms with Gasteiger partial charge in [-0.3, -0.25) is 14.5 Å². The normalized spacial score (nSPS) is 23.4. The molecular weight excluding hydrogens is 370 g/mol. The van der Waals surface area contributed by atoms with Crippen LogP contribution in [0, 0.1) is 5.92 Å². The molecule has 1 aromatic heterocycles. The Morgan fingerprint density at radius 1 is 1.21 bits per heavy atom. The minimum Gasteiger partial charge on any atom is -0.381 e. The summed E-state index contributed by atoms with van der Waals surface area (Å²) in [5, 5.41) is 3.02. The van der Waals surface area contributed by atoms with E-state index in [-0.39, 0.29) is 11.8 Å². The van der Waals surface area contributed by atoms with Crippen LogP contribution >= 0.6 is 0 Å². The highest BCUT2D eigenvalue weighted by Gasteiger charge is 2.37. The first-order chi connectivity index (χ1) is 14.1. The highest BCUT2D eigenvalue weighted by molar-refractivity contribution is 5.90. The highest BCUT2D eigenvalue weighted by Crippen LogP contribution is 2.32. The fraction of sp³-hybridized carbons (Fsp3) is 0.762.